The van der Waals surface area contributed by atoms with Crippen molar-refractivity contribution in [3.05, 3.63) is 60.5 Å². The van der Waals surface area contributed by atoms with Gasteiger partial charge in [-0.3, -0.25) is 4.68 Å². The van der Waals surface area contributed by atoms with E-state index in [0.29, 0.717) is 35.2 Å². The Morgan fingerprint density at radius 1 is 1.16 bits per heavy atom. The van der Waals surface area contributed by atoms with Crippen LogP contribution in [0.15, 0.2) is 59.3 Å². The van der Waals surface area contributed by atoms with Gasteiger partial charge in [-0.2, -0.15) is 14.6 Å². The second-order valence-corrected chi connectivity index (χ2v) is 7.26. The molecule has 10 nitrogen and oxygen atoms in total. The van der Waals surface area contributed by atoms with Gasteiger partial charge in [-0.05, 0) is 24.6 Å². The van der Waals surface area contributed by atoms with Crippen LogP contribution in [0.25, 0.3) is 28.3 Å². The number of carbonyl (C=O) groups is 1. The molecule has 0 saturated carbocycles. The van der Waals surface area contributed by atoms with Crippen LogP contribution in [0, 0.1) is 0 Å². The van der Waals surface area contributed by atoms with Crippen LogP contribution >= 0.6 is 0 Å². The molecule has 32 heavy (non-hydrogen) atoms. The van der Waals surface area contributed by atoms with Crippen molar-refractivity contribution in [3.63, 3.8) is 0 Å². The molecule has 0 bridgehead atoms. The lowest BCUT2D eigenvalue weighted by molar-refractivity contribution is -0.144. The summed E-state index contributed by atoms with van der Waals surface area (Å²) in [6.45, 7) is 2.06. The third-order valence-corrected chi connectivity index (χ3v) is 4.97. The third-order valence-electron chi connectivity index (χ3n) is 4.97. The maximum absolute atomic E-state index is 12.8. The van der Waals surface area contributed by atoms with E-state index in [1.165, 1.54) is 0 Å². The molecule has 0 amide bonds. The van der Waals surface area contributed by atoms with Gasteiger partial charge in [0, 0.05) is 19.7 Å². The molecule has 1 N–H and O–H groups in total. The molecule has 10 heteroatoms. The zero-order valence-corrected chi connectivity index (χ0v) is 17.6. The molecule has 0 aliphatic carbocycles. The first-order chi connectivity index (χ1) is 15.6. The first-order valence-corrected chi connectivity index (χ1v) is 10.2. The second kappa shape index (κ2) is 8.14. The molecule has 5 rings (SSSR count). The summed E-state index contributed by atoms with van der Waals surface area (Å²) in [4.78, 5) is 22.0. The van der Waals surface area contributed by atoms with Gasteiger partial charge in [-0.15, -0.1) is 5.10 Å². The van der Waals surface area contributed by atoms with Gasteiger partial charge in [-0.1, -0.05) is 30.3 Å². The topological polar surface area (TPSA) is 112 Å². The Hall–Kier alpha value is -4.21. The summed E-state index contributed by atoms with van der Waals surface area (Å²) in [5.74, 6) is 0.902. The molecule has 0 aliphatic heterocycles. The van der Waals surface area contributed by atoms with Crippen LogP contribution in [-0.4, -0.2) is 48.0 Å². The van der Waals surface area contributed by atoms with Crippen molar-refractivity contribution < 1.29 is 13.9 Å². The first-order valence-electron chi connectivity index (χ1n) is 10.2. The molecule has 4 heterocycles. The van der Waals surface area contributed by atoms with Gasteiger partial charge in [0.25, 0.3) is 0 Å². The summed E-state index contributed by atoms with van der Waals surface area (Å²) in [5, 5.41) is 12.9. The van der Waals surface area contributed by atoms with Crippen molar-refractivity contribution in [3.8, 4) is 11.6 Å². The summed E-state index contributed by atoms with van der Waals surface area (Å²) >= 11 is 0. The Kier molecular flexibility index (Phi) is 5.02. The van der Waals surface area contributed by atoms with Crippen LogP contribution in [0.2, 0.25) is 0 Å². The standard InChI is InChI=1S/C22H21N7O3/c1-3-31-21(30)16(12-14-8-5-4-6-9-14)23-22-25-18-15(13-28(2)26-18)20-24-19(27-29(20)22)17-10-7-11-32-17/h4-11,13,16H,3,12H2,1-2H3,(H,23,25,26)/t16-/m0/s1. The fourth-order valence-corrected chi connectivity index (χ4v) is 3.54. The van der Waals surface area contributed by atoms with E-state index in [9.17, 15) is 4.79 Å². The number of furan rings is 1. The average Bonchev–Trinajstić information content (AvgIpc) is 3.53. The Labute approximate surface area is 182 Å². The first kappa shape index (κ1) is 19.7. The Morgan fingerprint density at radius 3 is 2.75 bits per heavy atom. The molecule has 1 aromatic carbocycles. The molecule has 0 aliphatic rings. The summed E-state index contributed by atoms with van der Waals surface area (Å²) in [6, 6.07) is 12.6. The fraction of sp³-hybridized carbons (Fsp3) is 0.227. The summed E-state index contributed by atoms with van der Waals surface area (Å²) in [5.41, 5.74) is 2.03. The molecular formula is C22H21N7O3. The number of benzene rings is 1. The van der Waals surface area contributed by atoms with E-state index >= 15 is 0 Å². The number of fused-ring (bicyclic) bond motifs is 3. The Morgan fingerprint density at radius 2 is 2.00 bits per heavy atom. The van der Waals surface area contributed by atoms with E-state index in [1.807, 2.05) is 43.6 Å². The molecule has 0 spiro atoms. The highest BCUT2D eigenvalue weighted by Gasteiger charge is 2.24. The van der Waals surface area contributed by atoms with Gasteiger partial charge in [0.1, 0.15) is 6.04 Å². The van der Waals surface area contributed by atoms with E-state index in [-0.39, 0.29) is 12.6 Å². The van der Waals surface area contributed by atoms with Crippen molar-refractivity contribution in [1.29, 1.82) is 0 Å². The maximum Gasteiger partial charge on any atom is 0.328 e. The number of hydrogen-bond donors (Lipinski definition) is 1. The molecule has 0 saturated heterocycles. The smallest absolute Gasteiger partial charge is 0.328 e. The van der Waals surface area contributed by atoms with Crippen LogP contribution < -0.4 is 5.32 Å². The summed E-state index contributed by atoms with van der Waals surface area (Å²) < 4.78 is 14.0. The number of esters is 1. The molecular weight excluding hydrogens is 410 g/mol. The zero-order valence-electron chi connectivity index (χ0n) is 17.6. The number of carbonyl (C=O) groups excluding carboxylic acids is 1. The number of anilines is 1. The SMILES string of the molecule is CCOC(=O)[C@H](Cc1ccccc1)Nc1nc2nn(C)cc2c2nc(-c3ccco3)nn12. The molecule has 0 radical (unpaired) electrons. The van der Waals surface area contributed by atoms with E-state index in [0.717, 1.165) is 10.9 Å². The van der Waals surface area contributed by atoms with Crippen LogP contribution in [0.5, 0.6) is 0 Å². The highest BCUT2D eigenvalue weighted by Crippen LogP contribution is 2.24. The lowest BCUT2D eigenvalue weighted by Gasteiger charge is -2.18. The molecule has 1 atom stereocenters. The third kappa shape index (κ3) is 3.66. The predicted molar refractivity (Wildman–Crippen MR) is 117 cm³/mol. The number of hydrogen-bond acceptors (Lipinski definition) is 8. The van der Waals surface area contributed by atoms with Gasteiger partial charge >= 0.3 is 5.97 Å². The van der Waals surface area contributed by atoms with Gasteiger partial charge in [0.05, 0.1) is 18.3 Å². The number of ether oxygens (including phenoxy) is 1. The van der Waals surface area contributed by atoms with Crippen LogP contribution in [0.4, 0.5) is 5.95 Å². The van der Waals surface area contributed by atoms with E-state index in [2.05, 4.69) is 25.5 Å². The quantitative estimate of drug-likeness (QED) is 0.392. The summed E-state index contributed by atoms with van der Waals surface area (Å²) in [7, 11) is 1.81. The van der Waals surface area contributed by atoms with Crippen LogP contribution in [0.3, 0.4) is 0 Å². The fourth-order valence-electron chi connectivity index (χ4n) is 3.54. The van der Waals surface area contributed by atoms with Crippen molar-refractivity contribution >= 4 is 28.6 Å². The van der Waals surface area contributed by atoms with Gasteiger partial charge in [-0.25, -0.2) is 9.78 Å². The predicted octanol–water partition coefficient (Wildman–Crippen LogP) is 2.86. The minimum atomic E-state index is -0.675. The number of rotatable bonds is 7. The molecule has 4 aromatic heterocycles. The van der Waals surface area contributed by atoms with E-state index in [1.54, 1.807) is 34.5 Å². The van der Waals surface area contributed by atoms with Gasteiger partial charge in [0.15, 0.2) is 17.1 Å². The highest BCUT2D eigenvalue weighted by atomic mass is 16.5. The second-order valence-electron chi connectivity index (χ2n) is 7.26. The van der Waals surface area contributed by atoms with Crippen molar-refractivity contribution in [2.75, 3.05) is 11.9 Å². The van der Waals surface area contributed by atoms with E-state index in [4.69, 9.17) is 9.15 Å². The number of aryl methyl sites for hydroxylation is 1. The number of nitrogens with one attached hydrogen (secondary N) is 1. The van der Waals surface area contributed by atoms with Crippen LogP contribution in [-0.2, 0) is 23.0 Å². The minimum Gasteiger partial charge on any atom is -0.464 e. The van der Waals surface area contributed by atoms with Crippen molar-refractivity contribution in [1.82, 2.24) is 29.4 Å². The highest BCUT2D eigenvalue weighted by molar-refractivity contribution is 5.90. The monoisotopic (exact) mass is 431 g/mol. The lowest BCUT2D eigenvalue weighted by Crippen LogP contribution is -2.34. The van der Waals surface area contributed by atoms with Crippen LogP contribution in [0.1, 0.15) is 12.5 Å². The average molecular weight is 431 g/mol. The Bertz CT molecular complexity index is 1370. The summed E-state index contributed by atoms with van der Waals surface area (Å²) in [6.07, 6.45) is 3.81. The molecule has 0 fully saturated rings. The van der Waals surface area contributed by atoms with Gasteiger partial charge in [0.2, 0.25) is 11.8 Å². The lowest BCUT2D eigenvalue weighted by atomic mass is 10.1. The Balaban J connectivity index is 1.60. The molecule has 5 aromatic rings. The van der Waals surface area contributed by atoms with Crippen molar-refractivity contribution in [2.24, 2.45) is 7.05 Å². The molecule has 0 unspecified atom stereocenters. The van der Waals surface area contributed by atoms with Gasteiger partial charge < -0.3 is 14.5 Å². The maximum atomic E-state index is 12.8. The number of aromatic nitrogens is 6. The minimum absolute atomic E-state index is 0.278. The number of nitrogens with zero attached hydrogens (tertiary/aromatic N) is 6. The molecule has 162 valence electrons. The normalized spacial score (nSPS) is 12.3. The zero-order chi connectivity index (χ0) is 22.1. The largest absolute Gasteiger partial charge is 0.464 e. The van der Waals surface area contributed by atoms with Crippen molar-refractivity contribution in [2.45, 2.75) is 19.4 Å². The van der Waals surface area contributed by atoms with E-state index < -0.39 is 6.04 Å².